The highest BCUT2D eigenvalue weighted by Crippen LogP contribution is 2.59. The van der Waals surface area contributed by atoms with Gasteiger partial charge in [-0.1, -0.05) is 48.0 Å². The summed E-state index contributed by atoms with van der Waals surface area (Å²) in [7, 11) is 0. The van der Waals surface area contributed by atoms with Gasteiger partial charge in [-0.15, -0.1) is 0 Å². The van der Waals surface area contributed by atoms with E-state index in [0.29, 0.717) is 30.3 Å². The van der Waals surface area contributed by atoms with Crippen LogP contribution in [0.3, 0.4) is 0 Å². The first-order valence-corrected chi connectivity index (χ1v) is 12.5. The molecule has 6 unspecified atom stereocenters. The Balaban J connectivity index is 1.54. The van der Waals surface area contributed by atoms with Crippen LogP contribution in [0.5, 0.6) is 5.75 Å². The van der Waals surface area contributed by atoms with Crippen LogP contribution >= 0.6 is 0 Å². The smallest absolute Gasteiger partial charge is 0.234 e. The van der Waals surface area contributed by atoms with E-state index in [1.165, 1.54) is 9.80 Å². The maximum absolute atomic E-state index is 13.5. The van der Waals surface area contributed by atoms with Gasteiger partial charge in [-0.2, -0.15) is 0 Å². The molecule has 1 saturated carbocycles. The monoisotopic (exact) mass is 472 g/mol. The number of carbonyl (C=O) groups excluding carboxylic acids is 4. The lowest BCUT2D eigenvalue weighted by Gasteiger charge is -2.44. The number of aromatic hydroxyl groups is 1. The van der Waals surface area contributed by atoms with Crippen LogP contribution in [-0.4, -0.2) is 51.6 Å². The van der Waals surface area contributed by atoms with Crippen LogP contribution in [0.25, 0.3) is 10.8 Å². The van der Waals surface area contributed by atoms with Gasteiger partial charge in [0.25, 0.3) is 0 Å². The number of phenols is 1. The summed E-state index contributed by atoms with van der Waals surface area (Å²) in [5.41, 5.74) is 1.52. The first-order valence-electron chi connectivity index (χ1n) is 12.5. The molecule has 4 aliphatic rings. The Hall–Kier alpha value is -3.48. The van der Waals surface area contributed by atoms with E-state index in [9.17, 15) is 24.3 Å². The molecule has 180 valence electrons. The van der Waals surface area contributed by atoms with Crippen molar-refractivity contribution in [3.05, 3.63) is 53.6 Å². The molecule has 3 fully saturated rings. The highest BCUT2D eigenvalue weighted by molar-refractivity contribution is 6.08. The van der Waals surface area contributed by atoms with Crippen LogP contribution in [0.2, 0.25) is 0 Å². The van der Waals surface area contributed by atoms with E-state index >= 15 is 0 Å². The van der Waals surface area contributed by atoms with Crippen LogP contribution in [0.15, 0.2) is 48.0 Å². The zero-order valence-electron chi connectivity index (χ0n) is 19.8. The molecule has 0 radical (unpaired) electrons. The number of imide groups is 2. The van der Waals surface area contributed by atoms with E-state index in [4.69, 9.17) is 0 Å². The second-order valence-electron chi connectivity index (χ2n) is 10.1. The summed E-state index contributed by atoms with van der Waals surface area (Å²) >= 11 is 0. The summed E-state index contributed by atoms with van der Waals surface area (Å²) in [5.74, 6) is -3.61. The first-order chi connectivity index (χ1) is 16.9. The second kappa shape index (κ2) is 7.77. The van der Waals surface area contributed by atoms with Gasteiger partial charge in [0.1, 0.15) is 5.75 Å². The Bertz CT molecular complexity index is 1330. The van der Waals surface area contributed by atoms with Crippen LogP contribution < -0.4 is 0 Å². The van der Waals surface area contributed by atoms with Gasteiger partial charge in [-0.25, -0.2) is 0 Å². The number of amides is 4. The Morgan fingerprint density at radius 2 is 1.46 bits per heavy atom. The SMILES string of the molecule is CCN1C(=O)C2CC=C3C(CC4C(=O)N(CC)C(=O)C4C3c3ccc4ccccc4c3O)C2C1=O. The number of hydrogen-bond donors (Lipinski definition) is 1. The fraction of sp³-hybridized carbons (Fsp3) is 0.429. The van der Waals surface area contributed by atoms with Crippen molar-refractivity contribution in [2.45, 2.75) is 32.6 Å². The van der Waals surface area contributed by atoms with E-state index in [-0.39, 0.29) is 41.8 Å². The minimum absolute atomic E-state index is 0.106. The molecular weight excluding hydrogens is 444 g/mol. The predicted molar refractivity (Wildman–Crippen MR) is 128 cm³/mol. The van der Waals surface area contributed by atoms with E-state index in [1.54, 1.807) is 13.8 Å². The van der Waals surface area contributed by atoms with Crippen LogP contribution in [-0.2, 0) is 19.2 Å². The minimum atomic E-state index is -0.622. The van der Waals surface area contributed by atoms with Crippen molar-refractivity contribution in [2.24, 2.45) is 29.6 Å². The van der Waals surface area contributed by atoms with Crippen molar-refractivity contribution in [3.63, 3.8) is 0 Å². The van der Waals surface area contributed by atoms with Crippen LogP contribution in [0.1, 0.15) is 38.2 Å². The zero-order valence-corrected chi connectivity index (χ0v) is 19.8. The van der Waals surface area contributed by atoms with Crippen molar-refractivity contribution in [1.82, 2.24) is 9.80 Å². The molecule has 2 saturated heterocycles. The number of rotatable bonds is 3. The van der Waals surface area contributed by atoms with Crippen LogP contribution in [0, 0.1) is 29.6 Å². The topological polar surface area (TPSA) is 95.0 Å². The molecule has 2 aliphatic carbocycles. The molecule has 2 aromatic carbocycles. The van der Waals surface area contributed by atoms with Gasteiger partial charge in [0.05, 0.1) is 23.7 Å². The molecule has 7 heteroatoms. The molecule has 2 aliphatic heterocycles. The van der Waals surface area contributed by atoms with Crippen molar-refractivity contribution >= 4 is 34.4 Å². The fourth-order valence-corrected chi connectivity index (χ4v) is 7.21. The molecule has 1 N–H and O–H groups in total. The standard InChI is InChI=1S/C28H28N2O5/c1-3-29-25(32)18-12-11-16-19(22(18)27(29)34)13-20-23(28(35)30(4-2)26(20)33)21(16)17-10-9-14-7-5-6-8-15(14)24(17)31/h5-11,18-23,31H,3-4,12-13H2,1-2H3. The lowest BCUT2D eigenvalue weighted by atomic mass is 9.57. The third-order valence-electron chi connectivity index (χ3n) is 8.73. The lowest BCUT2D eigenvalue weighted by molar-refractivity contribution is -0.141. The molecule has 35 heavy (non-hydrogen) atoms. The number of carbonyl (C=O) groups is 4. The molecule has 2 heterocycles. The van der Waals surface area contributed by atoms with Crippen molar-refractivity contribution < 1.29 is 24.3 Å². The average molecular weight is 473 g/mol. The number of nitrogens with zero attached hydrogens (tertiary/aromatic N) is 2. The number of hydrogen-bond acceptors (Lipinski definition) is 5. The number of likely N-dealkylation sites (tertiary alicyclic amines) is 2. The zero-order chi connectivity index (χ0) is 24.6. The number of benzene rings is 2. The summed E-state index contributed by atoms with van der Waals surface area (Å²) in [4.78, 5) is 55.8. The number of allylic oxidation sites excluding steroid dienone is 2. The molecule has 6 rings (SSSR count). The second-order valence-corrected chi connectivity index (χ2v) is 10.1. The fourth-order valence-electron chi connectivity index (χ4n) is 7.21. The molecule has 6 atom stereocenters. The third-order valence-corrected chi connectivity index (χ3v) is 8.73. The minimum Gasteiger partial charge on any atom is -0.507 e. The van der Waals surface area contributed by atoms with Gasteiger partial charge in [-0.05, 0) is 38.0 Å². The highest BCUT2D eigenvalue weighted by atomic mass is 16.3. The molecule has 2 aromatic rings. The van der Waals surface area contributed by atoms with Crippen molar-refractivity contribution in [2.75, 3.05) is 13.1 Å². The summed E-state index contributed by atoms with van der Waals surface area (Å²) in [6.07, 6.45) is 2.82. The Kier molecular flexibility index (Phi) is 4.88. The van der Waals surface area contributed by atoms with E-state index in [1.807, 2.05) is 42.5 Å². The number of fused-ring (bicyclic) bond motifs is 5. The third kappa shape index (κ3) is 2.84. The largest absolute Gasteiger partial charge is 0.507 e. The molecule has 0 spiro atoms. The highest BCUT2D eigenvalue weighted by Gasteiger charge is 2.61. The Labute approximate surface area is 203 Å². The van der Waals surface area contributed by atoms with Crippen molar-refractivity contribution in [3.8, 4) is 5.75 Å². The van der Waals surface area contributed by atoms with Crippen LogP contribution in [0.4, 0.5) is 0 Å². The Morgan fingerprint density at radius 3 is 2.17 bits per heavy atom. The molecule has 0 aromatic heterocycles. The summed E-state index contributed by atoms with van der Waals surface area (Å²) in [5, 5.41) is 13.0. The van der Waals surface area contributed by atoms with E-state index in [2.05, 4.69) is 0 Å². The summed E-state index contributed by atoms with van der Waals surface area (Å²) in [6, 6.07) is 11.3. The quantitative estimate of drug-likeness (QED) is 0.547. The molecule has 0 bridgehead atoms. The Morgan fingerprint density at radius 1 is 0.800 bits per heavy atom. The average Bonchev–Trinajstić information content (AvgIpc) is 3.26. The van der Waals surface area contributed by atoms with Gasteiger partial charge in [0.15, 0.2) is 0 Å². The molecule has 7 nitrogen and oxygen atoms in total. The number of phenolic OH excluding ortho intramolecular Hbond substituents is 1. The van der Waals surface area contributed by atoms with Gasteiger partial charge in [0, 0.05) is 30.0 Å². The van der Waals surface area contributed by atoms with Gasteiger partial charge in [-0.3, -0.25) is 29.0 Å². The maximum atomic E-state index is 13.5. The summed E-state index contributed by atoms with van der Waals surface area (Å²) < 4.78 is 0. The predicted octanol–water partition coefficient (Wildman–Crippen LogP) is 3.22. The molecular formula is C28H28N2O5. The van der Waals surface area contributed by atoms with Gasteiger partial charge in [0.2, 0.25) is 23.6 Å². The van der Waals surface area contributed by atoms with Crippen molar-refractivity contribution in [1.29, 1.82) is 0 Å². The maximum Gasteiger partial charge on any atom is 0.234 e. The first kappa shape index (κ1) is 22.0. The van der Waals surface area contributed by atoms with E-state index in [0.717, 1.165) is 11.0 Å². The molecule has 4 amide bonds. The van der Waals surface area contributed by atoms with Gasteiger partial charge >= 0.3 is 0 Å². The van der Waals surface area contributed by atoms with E-state index < -0.39 is 29.6 Å². The lowest BCUT2D eigenvalue weighted by Crippen LogP contribution is -2.43. The van der Waals surface area contributed by atoms with Gasteiger partial charge < -0.3 is 5.11 Å². The normalized spacial score (nSPS) is 32.1. The summed E-state index contributed by atoms with van der Waals surface area (Å²) in [6.45, 7) is 4.20.